The summed E-state index contributed by atoms with van der Waals surface area (Å²) in [5.74, 6) is 0. The lowest BCUT2D eigenvalue weighted by Gasteiger charge is -2.17. The number of rotatable bonds is 4. The lowest BCUT2D eigenvalue weighted by atomic mass is 9.92. The molecule has 0 saturated carbocycles. The molecule has 7 aromatic carbocycles. The summed E-state index contributed by atoms with van der Waals surface area (Å²) in [5, 5.41) is 34.8. The van der Waals surface area contributed by atoms with Crippen molar-refractivity contribution >= 4 is 43.6 Å². The fourth-order valence-electron chi connectivity index (χ4n) is 7.48. The van der Waals surface area contributed by atoms with Crippen LogP contribution in [-0.4, -0.2) is 9.13 Å². The van der Waals surface area contributed by atoms with Gasteiger partial charge in [0, 0.05) is 32.8 Å². The summed E-state index contributed by atoms with van der Waals surface area (Å²) in [4.78, 5) is 0. The fourth-order valence-corrected chi connectivity index (χ4v) is 7.48. The van der Waals surface area contributed by atoms with Gasteiger partial charge in [-0.2, -0.15) is 15.8 Å². The predicted molar refractivity (Wildman–Crippen MR) is 200 cm³/mol. The first-order valence-electron chi connectivity index (χ1n) is 16.3. The molecule has 2 heterocycles. The van der Waals surface area contributed by atoms with Gasteiger partial charge in [-0.3, -0.25) is 0 Å². The standard InChI is InChI=1S/C45H25N5/c46-26-29-19-22-43-39(23-29)38-14-3-4-15-40(38)49(43)34-11-7-9-30(25-34)35-21-20-31(24-33(35)28-48)45-32(27-47)10-8-18-44(45)50-41-16-5-1-12-36(41)37-13-2-6-17-42(37)50/h1-25H. The maximum Gasteiger partial charge on any atom is 0.0998 e. The molecular weight excluding hydrogens is 611 g/mol. The zero-order valence-corrected chi connectivity index (χ0v) is 26.7. The topological polar surface area (TPSA) is 81.2 Å². The molecule has 5 nitrogen and oxygen atoms in total. The van der Waals surface area contributed by atoms with Gasteiger partial charge in [0.1, 0.15) is 0 Å². The van der Waals surface area contributed by atoms with Crippen LogP contribution in [0.2, 0.25) is 0 Å². The van der Waals surface area contributed by atoms with Crippen molar-refractivity contribution in [2.24, 2.45) is 0 Å². The highest BCUT2D eigenvalue weighted by Crippen LogP contribution is 2.40. The first-order chi connectivity index (χ1) is 24.7. The molecule has 0 fully saturated rings. The van der Waals surface area contributed by atoms with E-state index < -0.39 is 0 Å². The van der Waals surface area contributed by atoms with E-state index in [0.29, 0.717) is 16.7 Å². The van der Waals surface area contributed by atoms with Gasteiger partial charge >= 0.3 is 0 Å². The molecule has 5 heteroatoms. The average molecular weight is 636 g/mol. The van der Waals surface area contributed by atoms with Crippen molar-refractivity contribution in [3.63, 3.8) is 0 Å². The van der Waals surface area contributed by atoms with E-state index in [2.05, 4.69) is 75.9 Å². The Balaban J connectivity index is 1.22. The van der Waals surface area contributed by atoms with Crippen LogP contribution in [0, 0.1) is 34.0 Å². The second kappa shape index (κ2) is 11.4. The molecule has 230 valence electrons. The Hall–Kier alpha value is -7.39. The molecule has 0 atom stereocenters. The normalized spacial score (nSPS) is 11.1. The number of para-hydroxylation sites is 3. The van der Waals surface area contributed by atoms with Crippen LogP contribution < -0.4 is 0 Å². The van der Waals surface area contributed by atoms with E-state index >= 15 is 0 Å². The van der Waals surface area contributed by atoms with Crippen LogP contribution in [0.3, 0.4) is 0 Å². The quantitative estimate of drug-likeness (QED) is 0.193. The summed E-state index contributed by atoms with van der Waals surface area (Å²) in [5.41, 5.74) is 10.9. The number of hydrogen-bond acceptors (Lipinski definition) is 3. The minimum Gasteiger partial charge on any atom is -0.309 e. The highest BCUT2D eigenvalue weighted by Gasteiger charge is 2.20. The Morgan fingerprint density at radius 1 is 0.400 bits per heavy atom. The van der Waals surface area contributed by atoms with E-state index in [9.17, 15) is 15.8 Å². The number of nitrogens with zero attached hydrogens (tertiary/aromatic N) is 5. The summed E-state index contributed by atoms with van der Waals surface area (Å²) < 4.78 is 4.42. The summed E-state index contributed by atoms with van der Waals surface area (Å²) in [6.45, 7) is 0. The van der Waals surface area contributed by atoms with Crippen molar-refractivity contribution in [3.8, 4) is 51.8 Å². The molecule has 0 unspecified atom stereocenters. The number of nitriles is 3. The fraction of sp³-hybridized carbons (Fsp3) is 0. The zero-order valence-electron chi connectivity index (χ0n) is 26.7. The monoisotopic (exact) mass is 635 g/mol. The van der Waals surface area contributed by atoms with Gasteiger partial charge in [0.05, 0.1) is 62.7 Å². The van der Waals surface area contributed by atoms with Crippen molar-refractivity contribution in [1.82, 2.24) is 9.13 Å². The van der Waals surface area contributed by atoms with Crippen LogP contribution in [0.1, 0.15) is 16.7 Å². The van der Waals surface area contributed by atoms with E-state index in [4.69, 9.17) is 0 Å². The van der Waals surface area contributed by atoms with Crippen LogP contribution in [-0.2, 0) is 0 Å². The zero-order chi connectivity index (χ0) is 33.8. The Bertz CT molecular complexity index is 2920. The van der Waals surface area contributed by atoms with Gasteiger partial charge in [-0.15, -0.1) is 0 Å². The van der Waals surface area contributed by atoms with Crippen LogP contribution in [0.25, 0.3) is 77.2 Å². The van der Waals surface area contributed by atoms with Gasteiger partial charge in [0.25, 0.3) is 0 Å². The minimum absolute atomic E-state index is 0.515. The molecule has 0 aliphatic carbocycles. The number of hydrogen-bond donors (Lipinski definition) is 0. The van der Waals surface area contributed by atoms with Crippen LogP contribution in [0.5, 0.6) is 0 Å². The molecule has 0 N–H and O–H groups in total. The van der Waals surface area contributed by atoms with Gasteiger partial charge < -0.3 is 9.13 Å². The van der Waals surface area contributed by atoms with E-state index in [-0.39, 0.29) is 0 Å². The third-order valence-corrected chi connectivity index (χ3v) is 9.63. The lowest BCUT2D eigenvalue weighted by molar-refractivity contribution is 1.18. The average Bonchev–Trinajstić information content (AvgIpc) is 3.70. The second-order valence-corrected chi connectivity index (χ2v) is 12.3. The van der Waals surface area contributed by atoms with Crippen LogP contribution in [0.4, 0.5) is 0 Å². The summed E-state index contributed by atoms with van der Waals surface area (Å²) in [7, 11) is 0. The molecule has 9 aromatic rings. The predicted octanol–water partition coefficient (Wildman–Crippen LogP) is 10.8. The third kappa shape index (κ3) is 4.31. The van der Waals surface area contributed by atoms with Crippen molar-refractivity contribution in [3.05, 3.63) is 168 Å². The molecule has 0 spiro atoms. The maximum atomic E-state index is 10.5. The van der Waals surface area contributed by atoms with Crippen molar-refractivity contribution < 1.29 is 0 Å². The number of fused-ring (bicyclic) bond motifs is 6. The molecule has 2 aromatic heterocycles. The molecule has 0 saturated heterocycles. The lowest BCUT2D eigenvalue weighted by Crippen LogP contribution is -2.00. The second-order valence-electron chi connectivity index (χ2n) is 12.3. The highest BCUT2D eigenvalue weighted by molar-refractivity contribution is 6.11. The van der Waals surface area contributed by atoms with Gasteiger partial charge in [-0.25, -0.2) is 0 Å². The molecular formula is C45H25N5. The van der Waals surface area contributed by atoms with Gasteiger partial charge in [0.15, 0.2) is 0 Å². The SMILES string of the molecule is N#Cc1ccc2c(c1)c1ccccc1n2-c1cccc(-c2ccc(-c3c(C#N)cccc3-n3c4ccccc4c4ccccc43)cc2C#N)c1. The summed E-state index contributed by atoms with van der Waals surface area (Å²) >= 11 is 0. The Labute approximate surface area is 287 Å². The Kier molecular flexibility index (Phi) is 6.56. The third-order valence-electron chi connectivity index (χ3n) is 9.63. The number of benzene rings is 7. The molecule has 0 radical (unpaired) electrons. The van der Waals surface area contributed by atoms with E-state index in [0.717, 1.165) is 77.2 Å². The summed E-state index contributed by atoms with van der Waals surface area (Å²) in [6, 6.07) is 57.7. The minimum atomic E-state index is 0.515. The van der Waals surface area contributed by atoms with Gasteiger partial charge in [-0.05, 0) is 83.4 Å². The van der Waals surface area contributed by atoms with Gasteiger partial charge in [0.2, 0.25) is 0 Å². The number of aromatic nitrogens is 2. The molecule has 0 aliphatic heterocycles. The van der Waals surface area contributed by atoms with Gasteiger partial charge in [-0.1, -0.05) is 84.9 Å². The van der Waals surface area contributed by atoms with Crippen LogP contribution >= 0.6 is 0 Å². The van der Waals surface area contributed by atoms with E-state index in [1.807, 2.05) is 103 Å². The van der Waals surface area contributed by atoms with Crippen molar-refractivity contribution in [2.45, 2.75) is 0 Å². The molecule has 0 bridgehead atoms. The van der Waals surface area contributed by atoms with E-state index in [1.165, 1.54) is 0 Å². The van der Waals surface area contributed by atoms with Crippen molar-refractivity contribution in [1.29, 1.82) is 15.8 Å². The van der Waals surface area contributed by atoms with Crippen LogP contribution in [0.15, 0.2) is 152 Å². The Morgan fingerprint density at radius 3 is 1.70 bits per heavy atom. The highest BCUT2D eigenvalue weighted by atomic mass is 15.0. The first-order valence-corrected chi connectivity index (χ1v) is 16.3. The summed E-state index contributed by atoms with van der Waals surface area (Å²) in [6.07, 6.45) is 0. The molecule has 50 heavy (non-hydrogen) atoms. The molecule has 9 rings (SSSR count). The molecule has 0 aliphatic rings. The largest absolute Gasteiger partial charge is 0.309 e. The van der Waals surface area contributed by atoms with Crippen molar-refractivity contribution in [2.75, 3.05) is 0 Å². The first kappa shape index (κ1) is 28.8. The molecule has 0 amide bonds. The smallest absolute Gasteiger partial charge is 0.0998 e. The van der Waals surface area contributed by atoms with E-state index in [1.54, 1.807) is 0 Å². The Morgan fingerprint density at radius 2 is 1.02 bits per heavy atom. The maximum absolute atomic E-state index is 10.5.